The molecule has 2 N–H and O–H groups in total. The molecule has 0 unspecified atom stereocenters. The van der Waals surface area contributed by atoms with E-state index in [1.54, 1.807) is 19.2 Å². The van der Waals surface area contributed by atoms with Gasteiger partial charge in [-0.3, -0.25) is 4.79 Å². The van der Waals surface area contributed by atoms with E-state index in [0.717, 1.165) is 22.3 Å². The van der Waals surface area contributed by atoms with Gasteiger partial charge in [0.05, 0.1) is 12.5 Å². The fraction of sp³-hybridized carbons (Fsp3) is 0.161. The number of methoxy groups -OCH3 is 1. The minimum atomic E-state index is -1.08. The number of amides is 1. The van der Waals surface area contributed by atoms with Crippen molar-refractivity contribution in [1.29, 1.82) is 0 Å². The summed E-state index contributed by atoms with van der Waals surface area (Å²) in [6.45, 7) is 0. The van der Waals surface area contributed by atoms with Gasteiger partial charge < -0.3 is 15.2 Å². The summed E-state index contributed by atoms with van der Waals surface area (Å²) in [5.41, 5.74) is 2.87. The summed E-state index contributed by atoms with van der Waals surface area (Å²) in [6.07, 6.45) is 0.220. The average molecular weight is 480 g/mol. The van der Waals surface area contributed by atoms with E-state index in [-0.39, 0.29) is 18.7 Å². The molecule has 0 saturated heterocycles. The number of nitrogens with one attached hydrogen (secondary N) is 1. The zero-order valence-electron chi connectivity index (χ0n) is 20.1. The van der Waals surface area contributed by atoms with Gasteiger partial charge in [0.1, 0.15) is 11.8 Å². The van der Waals surface area contributed by atoms with Gasteiger partial charge in [-0.05, 0) is 34.4 Å². The first kappa shape index (κ1) is 24.7. The van der Waals surface area contributed by atoms with Crippen LogP contribution in [-0.4, -0.2) is 30.1 Å². The van der Waals surface area contributed by atoms with Crippen LogP contribution in [0.2, 0.25) is 0 Å². The summed E-state index contributed by atoms with van der Waals surface area (Å²) in [6, 6.07) is 35.8. The van der Waals surface area contributed by atoms with Crippen molar-refractivity contribution in [2.45, 2.75) is 24.3 Å². The molecular formula is C31H29NO4. The fourth-order valence-electron chi connectivity index (χ4n) is 4.66. The van der Waals surface area contributed by atoms with Crippen molar-refractivity contribution in [3.8, 4) is 5.75 Å². The van der Waals surface area contributed by atoms with Crippen LogP contribution < -0.4 is 10.1 Å². The van der Waals surface area contributed by atoms with Crippen LogP contribution >= 0.6 is 0 Å². The fourth-order valence-corrected chi connectivity index (χ4v) is 4.66. The van der Waals surface area contributed by atoms with Gasteiger partial charge in [-0.2, -0.15) is 0 Å². The third-order valence-corrected chi connectivity index (χ3v) is 6.46. The summed E-state index contributed by atoms with van der Waals surface area (Å²) in [5, 5.41) is 12.7. The van der Waals surface area contributed by atoms with E-state index in [4.69, 9.17) is 4.74 Å². The normalized spacial score (nSPS) is 11.9. The maximum absolute atomic E-state index is 13.6. The number of benzene rings is 4. The van der Waals surface area contributed by atoms with Crippen molar-refractivity contribution in [3.05, 3.63) is 138 Å². The summed E-state index contributed by atoms with van der Waals surface area (Å²) >= 11 is 0. The Morgan fingerprint density at radius 2 is 1.19 bits per heavy atom. The van der Waals surface area contributed by atoms with Gasteiger partial charge in [0.15, 0.2) is 0 Å². The Hall–Kier alpha value is -4.38. The first-order chi connectivity index (χ1) is 17.5. The molecule has 0 spiro atoms. The molecule has 0 aliphatic heterocycles. The van der Waals surface area contributed by atoms with Crippen molar-refractivity contribution < 1.29 is 19.4 Å². The molecule has 4 aromatic rings. The number of hydrogen-bond donors (Lipinski definition) is 2. The van der Waals surface area contributed by atoms with Crippen LogP contribution in [0.25, 0.3) is 0 Å². The van der Waals surface area contributed by atoms with Crippen LogP contribution in [0.1, 0.15) is 28.7 Å². The highest BCUT2D eigenvalue weighted by Gasteiger charge is 2.39. The van der Waals surface area contributed by atoms with Gasteiger partial charge in [-0.15, -0.1) is 0 Å². The van der Waals surface area contributed by atoms with Crippen LogP contribution in [-0.2, 0) is 21.4 Å². The van der Waals surface area contributed by atoms with Crippen LogP contribution in [0.3, 0.4) is 0 Å². The lowest BCUT2D eigenvalue weighted by molar-refractivity contribution is -0.141. The lowest BCUT2D eigenvalue weighted by Gasteiger charge is -2.36. The Morgan fingerprint density at radius 1 is 0.750 bits per heavy atom. The SMILES string of the molecule is COc1ccc(C[C@@H](NC(=O)CC(c2ccccc2)(c2ccccc2)c2ccccc2)C(=O)O)cc1. The molecule has 5 nitrogen and oxygen atoms in total. The zero-order chi connectivity index (χ0) is 25.4. The number of carboxylic acid groups (broad SMARTS) is 1. The molecule has 36 heavy (non-hydrogen) atoms. The summed E-state index contributed by atoms with van der Waals surface area (Å²) in [4.78, 5) is 25.7. The topological polar surface area (TPSA) is 75.6 Å². The molecular weight excluding hydrogens is 450 g/mol. The molecule has 0 bridgehead atoms. The largest absolute Gasteiger partial charge is 0.497 e. The Labute approximate surface area is 211 Å². The van der Waals surface area contributed by atoms with Gasteiger partial charge in [-0.1, -0.05) is 103 Å². The molecule has 0 aromatic heterocycles. The number of carbonyl (C=O) groups is 2. The highest BCUT2D eigenvalue weighted by Crippen LogP contribution is 2.42. The molecule has 0 aliphatic rings. The third-order valence-electron chi connectivity index (χ3n) is 6.46. The zero-order valence-corrected chi connectivity index (χ0v) is 20.1. The van der Waals surface area contributed by atoms with Crippen LogP contribution in [0.4, 0.5) is 0 Å². The maximum atomic E-state index is 13.6. The molecule has 4 rings (SSSR count). The first-order valence-electron chi connectivity index (χ1n) is 11.8. The van der Waals surface area contributed by atoms with Crippen molar-refractivity contribution >= 4 is 11.9 Å². The number of ether oxygens (including phenoxy) is 1. The Morgan fingerprint density at radius 3 is 1.58 bits per heavy atom. The summed E-state index contributed by atoms with van der Waals surface area (Å²) in [7, 11) is 1.58. The van der Waals surface area contributed by atoms with Crippen LogP contribution in [0, 0.1) is 0 Å². The third kappa shape index (κ3) is 5.47. The smallest absolute Gasteiger partial charge is 0.326 e. The molecule has 1 amide bonds. The number of carbonyl (C=O) groups excluding carboxylic acids is 1. The number of hydrogen-bond acceptors (Lipinski definition) is 3. The molecule has 0 fully saturated rings. The average Bonchev–Trinajstić information content (AvgIpc) is 2.93. The lowest BCUT2D eigenvalue weighted by atomic mass is 9.67. The molecule has 0 aliphatic carbocycles. The van der Waals surface area contributed by atoms with Gasteiger partial charge in [0.2, 0.25) is 5.91 Å². The van der Waals surface area contributed by atoms with Gasteiger partial charge in [-0.25, -0.2) is 4.79 Å². The van der Waals surface area contributed by atoms with Crippen LogP contribution in [0.15, 0.2) is 115 Å². The molecule has 4 aromatic carbocycles. The predicted molar refractivity (Wildman–Crippen MR) is 140 cm³/mol. The van der Waals surface area contributed by atoms with Crippen molar-refractivity contribution in [2.75, 3.05) is 7.11 Å². The Kier molecular flexibility index (Phi) is 7.81. The summed E-state index contributed by atoms with van der Waals surface area (Å²) in [5.74, 6) is -0.732. The van der Waals surface area contributed by atoms with E-state index in [9.17, 15) is 14.7 Å². The standard InChI is InChI=1S/C31H29NO4/c1-36-27-19-17-23(18-20-27)21-28(30(34)35)32-29(33)22-31(24-11-5-2-6-12-24,25-13-7-3-8-14-25)26-15-9-4-10-16-26/h2-20,28H,21-22H2,1H3,(H,32,33)(H,34,35)/t28-/m1/s1. The van der Waals surface area contributed by atoms with Gasteiger partial charge in [0, 0.05) is 12.8 Å². The number of aliphatic carboxylic acids is 1. The lowest BCUT2D eigenvalue weighted by Crippen LogP contribution is -2.45. The molecule has 1 atom stereocenters. The number of rotatable bonds is 10. The van der Waals surface area contributed by atoms with Crippen molar-refractivity contribution in [3.63, 3.8) is 0 Å². The molecule has 182 valence electrons. The van der Waals surface area contributed by atoms with E-state index in [1.807, 2.05) is 103 Å². The second-order valence-electron chi connectivity index (χ2n) is 8.69. The first-order valence-corrected chi connectivity index (χ1v) is 11.8. The highest BCUT2D eigenvalue weighted by molar-refractivity contribution is 5.85. The van der Waals surface area contributed by atoms with E-state index in [0.29, 0.717) is 5.75 Å². The van der Waals surface area contributed by atoms with E-state index in [2.05, 4.69) is 5.32 Å². The van der Waals surface area contributed by atoms with Crippen molar-refractivity contribution in [1.82, 2.24) is 5.32 Å². The van der Waals surface area contributed by atoms with E-state index >= 15 is 0 Å². The minimum absolute atomic E-state index is 0.0530. The minimum Gasteiger partial charge on any atom is -0.497 e. The highest BCUT2D eigenvalue weighted by atomic mass is 16.5. The Balaban J connectivity index is 1.69. The summed E-state index contributed by atoms with van der Waals surface area (Å²) < 4.78 is 5.18. The molecule has 0 saturated carbocycles. The Bertz CT molecular complexity index is 1180. The monoisotopic (exact) mass is 479 g/mol. The van der Waals surface area contributed by atoms with E-state index in [1.165, 1.54) is 0 Å². The van der Waals surface area contributed by atoms with Gasteiger partial charge in [0.25, 0.3) is 0 Å². The van der Waals surface area contributed by atoms with Gasteiger partial charge >= 0.3 is 5.97 Å². The predicted octanol–water partition coefficient (Wildman–Crippen LogP) is 5.23. The number of carboxylic acids is 1. The molecule has 0 radical (unpaired) electrons. The van der Waals surface area contributed by atoms with E-state index < -0.39 is 17.4 Å². The quantitative estimate of drug-likeness (QED) is 0.305. The van der Waals surface area contributed by atoms with Crippen molar-refractivity contribution in [2.24, 2.45) is 0 Å². The van der Waals surface area contributed by atoms with Crippen LogP contribution in [0.5, 0.6) is 5.75 Å². The maximum Gasteiger partial charge on any atom is 0.326 e. The second kappa shape index (κ2) is 11.4. The molecule has 0 heterocycles. The molecule has 5 heteroatoms. The second-order valence-corrected chi connectivity index (χ2v) is 8.69.